The maximum absolute atomic E-state index is 6.25. The number of hydrogen-bond acceptors (Lipinski definition) is 2. The smallest absolute Gasteiger partial charge is 0.161 e. The third-order valence-corrected chi connectivity index (χ3v) is 3.97. The molecule has 1 aliphatic carbocycles. The van der Waals surface area contributed by atoms with E-state index in [0.717, 1.165) is 13.0 Å². The van der Waals surface area contributed by atoms with Gasteiger partial charge < -0.3 is 9.47 Å². The average molecular weight is 238 g/mol. The average Bonchev–Trinajstić information content (AvgIpc) is 2.29. The van der Waals surface area contributed by atoms with Crippen molar-refractivity contribution >= 4 is 0 Å². The SMILES string of the molecule is CC(C)C1OC(C2CC=CCC2)OCC1(C)C. The molecule has 2 rings (SSSR count). The third kappa shape index (κ3) is 2.92. The van der Waals surface area contributed by atoms with Gasteiger partial charge in [0, 0.05) is 11.3 Å². The van der Waals surface area contributed by atoms with Crippen molar-refractivity contribution in [2.45, 2.75) is 59.4 Å². The standard InChI is InChI=1S/C15H26O2/c1-11(2)13-15(3,4)10-16-14(17-13)12-8-6-5-7-9-12/h5-6,11-14H,7-10H2,1-4H3. The summed E-state index contributed by atoms with van der Waals surface area (Å²) in [6.45, 7) is 9.80. The Hall–Kier alpha value is -0.340. The molecule has 0 bridgehead atoms. The first kappa shape index (κ1) is 13.1. The van der Waals surface area contributed by atoms with Gasteiger partial charge in [0.2, 0.25) is 0 Å². The summed E-state index contributed by atoms with van der Waals surface area (Å²) in [4.78, 5) is 0. The van der Waals surface area contributed by atoms with Crippen LogP contribution in [0.3, 0.4) is 0 Å². The van der Waals surface area contributed by atoms with E-state index in [0.29, 0.717) is 17.9 Å². The predicted molar refractivity (Wildman–Crippen MR) is 69.7 cm³/mol. The highest BCUT2D eigenvalue weighted by Gasteiger charge is 2.41. The van der Waals surface area contributed by atoms with Crippen LogP contribution in [-0.4, -0.2) is 19.0 Å². The van der Waals surface area contributed by atoms with Crippen molar-refractivity contribution in [2.75, 3.05) is 6.61 Å². The minimum absolute atomic E-state index is 0.0142. The molecule has 1 aliphatic heterocycles. The van der Waals surface area contributed by atoms with Crippen molar-refractivity contribution in [1.82, 2.24) is 0 Å². The van der Waals surface area contributed by atoms with Crippen molar-refractivity contribution in [3.63, 3.8) is 0 Å². The van der Waals surface area contributed by atoms with Crippen molar-refractivity contribution in [3.8, 4) is 0 Å². The van der Waals surface area contributed by atoms with Gasteiger partial charge in [-0.1, -0.05) is 39.8 Å². The Balaban J connectivity index is 2.01. The molecule has 0 amide bonds. The van der Waals surface area contributed by atoms with Gasteiger partial charge in [-0.3, -0.25) is 0 Å². The van der Waals surface area contributed by atoms with E-state index >= 15 is 0 Å². The van der Waals surface area contributed by atoms with Gasteiger partial charge in [0.05, 0.1) is 12.7 Å². The Morgan fingerprint density at radius 2 is 2.00 bits per heavy atom. The van der Waals surface area contributed by atoms with Crippen LogP contribution in [0.1, 0.15) is 47.0 Å². The van der Waals surface area contributed by atoms with Crippen LogP contribution in [0.15, 0.2) is 12.2 Å². The van der Waals surface area contributed by atoms with Gasteiger partial charge >= 0.3 is 0 Å². The first-order valence-corrected chi connectivity index (χ1v) is 6.93. The van der Waals surface area contributed by atoms with Gasteiger partial charge in [0.15, 0.2) is 6.29 Å². The first-order valence-electron chi connectivity index (χ1n) is 6.93. The first-order chi connectivity index (χ1) is 8.00. The molecular weight excluding hydrogens is 212 g/mol. The zero-order valence-electron chi connectivity index (χ0n) is 11.6. The Morgan fingerprint density at radius 3 is 2.59 bits per heavy atom. The summed E-state index contributed by atoms with van der Waals surface area (Å²) in [7, 11) is 0. The maximum atomic E-state index is 6.25. The molecular formula is C15H26O2. The summed E-state index contributed by atoms with van der Waals surface area (Å²) in [5, 5.41) is 0. The molecule has 3 unspecified atom stereocenters. The monoisotopic (exact) mass is 238 g/mol. The van der Waals surface area contributed by atoms with Crippen LogP contribution in [0.5, 0.6) is 0 Å². The Kier molecular flexibility index (Phi) is 3.94. The summed E-state index contributed by atoms with van der Waals surface area (Å²) in [5.41, 5.74) is 0.134. The van der Waals surface area contributed by atoms with Gasteiger partial charge in [-0.15, -0.1) is 0 Å². The minimum atomic E-state index is 0.0142. The molecule has 98 valence electrons. The molecule has 0 aromatic heterocycles. The van der Waals surface area contributed by atoms with Crippen LogP contribution >= 0.6 is 0 Å². The van der Waals surface area contributed by atoms with E-state index in [1.54, 1.807) is 0 Å². The van der Waals surface area contributed by atoms with Crippen LogP contribution in [0, 0.1) is 17.3 Å². The molecule has 0 spiro atoms. The lowest BCUT2D eigenvalue weighted by Gasteiger charge is -2.46. The van der Waals surface area contributed by atoms with E-state index in [1.807, 2.05) is 0 Å². The lowest BCUT2D eigenvalue weighted by molar-refractivity contribution is -0.287. The third-order valence-electron chi connectivity index (χ3n) is 3.97. The summed E-state index contributed by atoms with van der Waals surface area (Å²) in [5.74, 6) is 1.10. The van der Waals surface area contributed by atoms with Crippen molar-refractivity contribution < 1.29 is 9.47 Å². The molecule has 1 fully saturated rings. The zero-order valence-corrected chi connectivity index (χ0v) is 11.6. The summed E-state index contributed by atoms with van der Waals surface area (Å²) >= 11 is 0. The van der Waals surface area contributed by atoms with Crippen LogP contribution in [0.25, 0.3) is 0 Å². The molecule has 2 nitrogen and oxygen atoms in total. The molecule has 0 saturated carbocycles. The highest BCUT2D eigenvalue weighted by molar-refractivity contribution is 4.93. The second kappa shape index (κ2) is 5.11. The van der Waals surface area contributed by atoms with E-state index < -0.39 is 0 Å². The normalized spacial score (nSPS) is 37.4. The topological polar surface area (TPSA) is 18.5 Å². The second-order valence-corrected chi connectivity index (χ2v) is 6.51. The Bertz CT molecular complexity index is 281. The molecule has 0 aromatic carbocycles. The quantitative estimate of drug-likeness (QED) is 0.682. The van der Waals surface area contributed by atoms with Gasteiger partial charge in [-0.2, -0.15) is 0 Å². The molecule has 0 radical (unpaired) electrons. The van der Waals surface area contributed by atoms with Crippen molar-refractivity contribution in [1.29, 1.82) is 0 Å². The fourth-order valence-electron chi connectivity index (χ4n) is 3.12. The van der Waals surface area contributed by atoms with Crippen molar-refractivity contribution in [3.05, 3.63) is 12.2 Å². The molecule has 2 aliphatic rings. The molecule has 1 saturated heterocycles. The molecule has 17 heavy (non-hydrogen) atoms. The molecule has 2 heteroatoms. The summed E-state index contributed by atoms with van der Waals surface area (Å²) in [6.07, 6.45) is 8.34. The zero-order chi connectivity index (χ0) is 12.5. The summed E-state index contributed by atoms with van der Waals surface area (Å²) in [6, 6.07) is 0. The van der Waals surface area contributed by atoms with E-state index in [-0.39, 0.29) is 11.7 Å². The van der Waals surface area contributed by atoms with E-state index in [2.05, 4.69) is 39.8 Å². The minimum Gasteiger partial charge on any atom is -0.352 e. The van der Waals surface area contributed by atoms with E-state index in [4.69, 9.17) is 9.47 Å². The molecule has 1 heterocycles. The van der Waals surface area contributed by atoms with Gasteiger partial charge in [-0.25, -0.2) is 0 Å². The molecule has 0 N–H and O–H groups in total. The van der Waals surface area contributed by atoms with Crippen LogP contribution in [0.2, 0.25) is 0 Å². The Morgan fingerprint density at radius 1 is 1.24 bits per heavy atom. The van der Waals surface area contributed by atoms with Crippen molar-refractivity contribution in [2.24, 2.45) is 17.3 Å². The van der Waals surface area contributed by atoms with Crippen LogP contribution in [0.4, 0.5) is 0 Å². The lowest BCUT2D eigenvalue weighted by atomic mass is 9.80. The van der Waals surface area contributed by atoms with Crippen LogP contribution < -0.4 is 0 Å². The second-order valence-electron chi connectivity index (χ2n) is 6.51. The fraction of sp³-hybridized carbons (Fsp3) is 0.867. The van der Waals surface area contributed by atoms with E-state index in [9.17, 15) is 0 Å². The number of ether oxygens (including phenoxy) is 2. The van der Waals surface area contributed by atoms with Gasteiger partial charge in [-0.05, 0) is 25.2 Å². The number of allylic oxidation sites excluding steroid dienone is 2. The maximum Gasteiger partial charge on any atom is 0.161 e. The summed E-state index contributed by atoms with van der Waals surface area (Å²) < 4.78 is 12.2. The Labute approximate surface area is 105 Å². The fourth-order valence-corrected chi connectivity index (χ4v) is 3.12. The van der Waals surface area contributed by atoms with Gasteiger partial charge in [0.25, 0.3) is 0 Å². The largest absolute Gasteiger partial charge is 0.352 e. The molecule has 3 atom stereocenters. The van der Waals surface area contributed by atoms with E-state index in [1.165, 1.54) is 12.8 Å². The molecule has 0 aromatic rings. The predicted octanol–water partition coefficient (Wildman–Crippen LogP) is 3.77. The lowest BCUT2D eigenvalue weighted by Crippen LogP contribution is -2.50. The number of rotatable bonds is 2. The highest BCUT2D eigenvalue weighted by atomic mass is 16.7. The van der Waals surface area contributed by atoms with Gasteiger partial charge in [0.1, 0.15) is 0 Å². The highest BCUT2D eigenvalue weighted by Crippen LogP contribution is 2.38. The number of hydrogen-bond donors (Lipinski definition) is 0. The van der Waals surface area contributed by atoms with Crippen LogP contribution in [-0.2, 0) is 9.47 Å².